The Morgan fingerprint density at radius 2 is 1.00 bits per heavy atom. The lowest BCUT2D eigenvalue weighted by Crippen LogP contribution is -2.70. The number of hydrogen-bond acceptors (Lipinski definition) is 3. The first-order valence-corrected chi connectivity index (χ1v) is 11.8. The third-order valence-corrected chi connectivity index (χ3v) is 6.54. The molecule has 0 aliphatic heterocycles. The number of allylic oxidation sites excluding steroid dienone is 2. The highest BCUT2D eigenvalue weighted by Gasteiger charge is 2.52. The van der Waals surface area contributed by atoms with Crippen LogP contribution in [0.4, 0.5) is 0 Å². The van der Waals surface area contributed by atoms with Crippen LogP contribution in [0.1, 0.15) is 98.3 Å². The summed E-state index contributed by atoms with van der Waals surface area (Å²) < 4.78 is -0.498. The average Bonchev–Trinajstić information content (AvgIpc) is 2.72. The fourth-order valence-corrected chi connectivity index (χ4v) is 4.31. The summed E-state index contributed by atoms with van der Waals surface area (Å²) in [5.41, 5.74) is 0. The summed E-state index contributed by atoms with van der Waals surface area (Å²) in [6.07, 6.45) is 16.4. The van der Waals surface area contributed by atoms with Gasteiger partial charge in [-0.05, 0) is 52.9 Å². The van der Waals surface area contributed by atoms with Crippen molar-refractivity contribution in [2.24, 2.45) is 0 Å². The predicted octanol–water partition coefficient (Wildman–Crippen LogP) is 5.09. The molecule has 3 unspecified atom stereocenters. The van der Waals surface area contributed by atoms with E-state index in [0.717, 1.165) is 19.3 Å². The highest BCUT2D eigenvalue weighted by atomic mass is 16.4. The van der Waals surface area contributed by atoms with Gasteiger partial charge in [0.05, 0.1) is 6.54 Å². The molecule has 0 heterocycles. The Hall–Kier alpha value is -1.89. The monoisotopic (exact) mass is 442 g/mol. The van der Waals surface area contributed by atoms with Gasteiger partial charge in [0.15, 0.2) is 18.1 Å². The van der Waals surface area contributed by atoms with Crippen molar-refractivity contribution in [3.8, 4) is 0 Å². The molecule has 0 aliphatic carbocycles. The number of rotatable bonds is 19. The van der Waals surface area contributed by atoms with E-state index in [1.165, 1.54) is 65.7 Å². The van der Waals surface area contributed by atoms with E-state index in [0.29, 0.717) is 6.42 Å². The minimum Gasteiger partial charge on any atom is -0.477 e. The fraction of sp³-hybridized carbons (Fsp3) is 0.792. The minimum atomic E-state index is -1.18. The van der Waals surface area contributed by atoms with E-state index < -0.39 is 40.5 Å². The lowest BCUT2D eigenvalue weighted by Gasteiger charge is -2.47. The SMILES string of the molecule is CCCCCCCCC/C=C/CCCC[N+](C(C)C(=O)O)(C(C)C(=O)O)C(C)C(=O)O. The largest absolute Gasteiger partial charge is 0.477 e. The molecule has 0 bridgehead atoms. The van der Waals surface area contributed by atoms with Gasteiger partial charge in [-0.2, -0.15) is 0 Å². The molecule has 3 N–H and O–H groups in total. The molecule has 0 fully saturated rings. The van der Waals surface area contributed by atoms with Crippen molar-refractivity contribution in [3.63, 3.8) is 0 Å². The average molecular weight is 443 g/mol. The van der Waals surface area contributed by atoms with Gasteiger partial charge in [-0.1, -0.05) is 57.6 Å². The molecule has 0 aromatic carbocycles. The summed E-state index contributed by atoms with van der Waals surface area (Å²) in [5.74, 6) is -3.55. The van der Waals surface area contributed by atoms with Crippen molar-refractivity contribution in [1.29, 1.82) is 0 Å². The summed E-state index contributed by atoms with van der Waals surface area (Å²) in [5, 5.41) is 28.7. The molecule has 0 amide bonds. The molecule has 3 atom stereocenters. The van der Waals surface area contributed by atoms with Crippen molar-refractivity contribution in [2.45, 2.75) is 116 Å². The van der Waals surface area contributed by atoms with Crippen LogP contribution in [0, 0.1) is 0 Å². The quantitative estimate of drug-likeness (QED) is 0.146. The highest BCUT2D eigenvalue weighted by molar-refractivity contribution is 5.77. The number of carboxylic acid groups (broad SMARTS) is 3. The molecule has 0 saturated carbocycles. The Morgan fingerprint density at radius 3 is 1.39 bits per heavy atom. The van der Waals surface area contributed by atoms with Crippen LogP contribution in [-0.4, -0.2) is 62.4 Å². The van der Waals surface area contributed by atoms with Crippen LogP contribution in [0.15, 0.2) is 12.2 Å². The van der Waals surface area contributed by atoms with Gasteiger partial charge in [-0.3, -0.25) is 4.48 Å². The molecule has 0 radical (unpaired) electrons. The first kappa shape index (κ1) is 29.1. The van der Waals surface area contributed by atoms with Crippen LogP contribution in [0.3, 0.4) is 0 Å². The zero-order chi connectivity index (χ0) is 23.9. The number of hydrogen-bond donors (Lipinski definition) is 3. The van der Waals surface area contributed by atoms with E-state index in [1.807, 2.05) is 0 Å². The topological polar surface area (TPSA) is 112 Å². The van der Waals surface area contributed by atoms with Gasteiger partial charge >= 0.3 is 17.9 Å². The van der Waals surface area contributed by atoms with E-state index in [2.05, 4.69) is 19.1 Å². The van der Waals surface area contributed by atoms with Crippen LogP contribution in [0.5, 0.6) is 0 Å². The van der Waals surface area contributed by atoms with E-state index in [9.17, 15) is 29.7 Å². The first-order chi connectivity index (χ1) is 14.6. The van der Waals surface area contributed by atoms with Gasteiger partial charge in [0.1, 0.15) is 0 Å². The second kappa shape index (κ2) is 15.8. The smallest absolute Gasteiger partial charge is 0.362 e. The molecule has 7 nitrogen and oxygen atoms in total. The Morgan fingerprint density at radius 1 is 0.645 bits per heavy atom. The van der Waals surface area contributed by atoms with Gasteiger partial charge in [0.25, 0.3) is 0 Å². The molecular formula is C24H44NO6+. The Kier molecular flexibility index (Phi) is 14.9. The summed E-state index contributed by atoms with van der Waals surface area (Å²) in [6.45, 7) is 6.63. The maximum atomic E-state index is 11.7. The first-order valence-electron chi connectivity index (χ1n) is 11.8. The standard InChI is InChI=1S/C24H43NO6/c1-5-6-7-8-9-10-11-12-13-14-15-16-17-18-25(19(2)22(26)27,20(3)23(28)29)21(4)24(30)31/h13-14,19-21H,5-12,15-18H2,1-4H3,(H2-,26,27,28,29,30,31)/p+1/b14-13+. The molecular weight excluding hydrogens is 398 g/mol. The molecule has 0 aromatic heterocycles. The van der Waals surface area contributed by atoms with Crippen LogP contribution in [-0.2, 0) is 14.4 Å². The second-order valence-electron chi connectivity index (χ2n) is 8.64. The van der Waals surface area contributed by atoms with Gasteiger partial charge in [-0.25, -0.2) is 14.4 Å². The maximum Gasteiger partial charge on any atom is 0.362 e. The van der Waals surface area contributed by atoms with Gasteiger partial charge < -0.3 is 15.3 Å². The van der Waals surface area contributed by atoms with Crippen LogP contribution >= 0.6 is 0 Å². The Bertz CT molecular complexity index is 524. The lowest BCUT2D eigenvalue weighted by atomic mass is 10.0. The van der Waals surface area contributed by atoms with Crippen molar-refractivity contribution < 1.29 is 34.2 Å². The zero-order valence-electron chi connectivity index (χ0n) is 19.9. The van der Waals surface area contributed by atoms with Gasteiger partial charge in [0, 0.05) is 0 Å². The van der Waals surface area contributed by atoms with Gasteiger partial charge in [-0.15, -0.1) is 0 Å². The molecule has 7 heteroatoms. The maximum absolute atomic E-state index is 11.7. The molecule has 0 saturated heterocycles. The minimum absolute atomic E-state index is 0.194. The van der Waals surface area contributed by atoms with E-state index in [1.54, 1.807) is 0 Å². The zero-order valence-corrected chi connectivity index (χ0v) is 19.9. The molecule has 0 rings (SSSR count). The number of carboxylic acids is 3. The summed E-state index contributed by atoms with van der Waals surface area (Å²) in [6, 6.07) is -3.40. The number of nitrogens with zero attached hydrogens (tertiary/aromatic N) is 1. The van der Waals surface area contributed by atoms with Crippen LogP contribution in [0.25, 0.3) is 0 Å². The van der Waals surface area contributed by atoms with Crippen molar-refractivity contribution in [2.75, 3.05) is 6.54 Å². The molecule has 0 aliphatic rings. The van der Waals surface area contributed by atoms with E-state index in [-0.39, 0.29) is 6.54 Å². The number of quaternary nitrogens is 1. The van der Waals surface area contributed by atoms with Crippen LogP contribution < -0.4 is 0 Å². The predicted molar refractivity (Wildman–Crippen MR) is 122 cm³/mol. The Labute approximate surface area is 187 Å². The Balaban J connectivity index is 4.69. The molecule has 31 heavy (non-hydrogen) atoms. The summed E-state index contributed by atoms with van der Waals surface area (Å²) in [7, 11) is 0. The fourth-order valence-electron chi connectivity index (χ4n) is 4.31. The number of aliphatic carboxylic acids is 3. The van der Waals surface area contributed by atoms with E-state index >= 15 is 0 Å². The molecule has 0 aromatic rings. The molecule has 0 spiro atoms. The lowest BCUT2D eigenvalue weighted by molar-refractivity contribution is -0.968. The summed E-state index contributed by atoms with van der Waals surface area (Å²) in [4.78, 5) is 35.2. The van der Waals surface area contributed by atoms with Crippen molar-refractivity contribution >= 4 is 17.9 Å². The van der Waals surface area contributed by atoms with Gasteiger partial charge in [0.2, 0.25) is 0 Å². The van der Waals surface area contributed by atoms with Crippen molar-refractivity contribution in [3.05, 3.63) is 12.2 Å². The summed E-state index contributed by atoms with van der Waals surface area (Å²) >= 11 is 0. The van der Waals surface area contributed by atoms with Crippen LogP contribution in [0.2, 0.25) is 0 Å². The highest BCUT2D eigenvalue weighted by Crippen LogP contribution is 2.27. The second-order valence-corrected chi connectivity index (χ2v) is 8.64. The number of unbranched alkanes of at least 4 members (excludes halogenated alkanes) is 9. The number of carbonyl (C=O) groups is 3. The third-order valence-electron chi connectivity index (χ3n) is 6.54. The normalized spacial score (nSPS) is 16.5. The van der Waals surface area contributed by atoms with E-state index in [4.69, 9.17) is 0 Å². The van der Waals surface area contributed by atoms with Crippen molar-refractivity contribution in [1.82, 2.24) is 0 Å². The molecule has 180 valence electrons. The third kappa shape index (κ3) is 9.85.